The van der Waals surface area contributed by atoms with Crippen LogP contribution >= 0.6 is 0 Å². The monoisotopic (exact) mass is 518 g/mol. The lowest BCUT2D eigenvalue weighted by Crippen LogP contribution is -2.44. The van der Waals surface area contributed by atoms with E-state index in [0.29, 0.717) is 17.9 Å². The number of ether oxygens (including phenoxy) is 1. The first kappa shape index (κ1) is 26.4. The van der Waals surface area contributed by atoms with Crippen molar-refractivity contribution >= 4 is 21.6 Å². The molecular formula is C28H30N4O4S. The molecule has 1 unspecified atom stereocenters. The van der Waals surface area contributed by atoms with Crippen molar-refractivity contribution in [1.82, 2.24) is 9.62 Å². The third-order valence-corrected chi connectivity index (χ3v) is 7.68. The Kier molecular flexibility index (Phi) is 8.56. The number of benzene rings is 3. The Morgan fingerprint density at radius 1 is 1.03 bits per heavy atom. The number of anilines is 1. The van der Waals surface area contributed by atoms with E-state index in [9.17, 15) is 13.2 Å². The summed E-state index contributed by atoms with van der Waals surface area (Å²) >= 11 is 0. The highest BCUT2D eigenvalue weighted by Crippen LogP contribution is 2.23. The fraction of sp³-hybridized carbons (Fsp3) is 0.286. The minimum Gasteiger partial charge on any atom is -0.494 e. The van der Waals surface area contributed by atoms with Crippen LogP contribution in [0.2, 0.25) is 0 Å². The smallest absolute Gasteiger partial charge is 0.241 e. The molecule has 4 rings (SSSR count). The Labute approximate surface area is 217 Å². The number of nitriles is 1. The third kappa shape index (κ3) is 7.17. The van der Waals surface area contributed by atoms with Gasteiger partial charge in [-0.25, -0.2) is 8.42 Å². The molecule has 1 saturated heterocycles. The normalized spacial score (nSPS) is 15.7. The van der Waals surface area contributed by atoms with Gasteiger partial charge in [0.2, 0.25) is 15.9 Å². The Balaban J connectivity index is 1.25. The summed E-state index contributed by atoms with van der Waals surface area (Å²) in [5.41, 5.74) is 3.28. The van der Waals surface area contributed by atoms with E-state index >= 15 is 0 Å². The molecular weight excluding hydrogens is 488 g/mol. The lowest BCUT2D eigenvalue weighted by Gasteiger charge is -2.25. The number of sulfonamides is 1. The van der Waals surface area contributed by atoms with E-state index in [1.54, 1.807) is 24.3 Å². The van der Waals surface area contributed by atoms with Crippen LogP contribution in [0.25, 0.3) is 11.1 Å². The molecule has 1 aliphatic rings. The molecule has 9 heteroatoms. The fourth-order valence-electron chi connectivity index (χ4n) is 4.33. The van der Waals surface area contributed by atoms with E-state index in [1.165, 1.54) is 19.1 Å². The van der Waals surface area contributed by atoms with Gasteiger partial charge in [-0.3, -0.25) is 9.69 Å². The standard InChI is InChI=1S/C28H30N4O4S/c1-21(33)30-25-11-15-27(16-12-25)37(34,35)31-28-4-2-17-32(28)18-3-19-36-26-13-9-24(10-14-26)23-7-5-22(20-29)6-8-23/h5-16,28,31H,2-4,17-19H2,1H3,(H,30,33). The summed E-state index contributed by atoms with van der Waals surface area (Å²) in [6.45, 7) is 3.48. The quantitative estimate of drug-likeness (QED) is 0.386. The second-order valence-electron chi connectivity index (χ2n) is 8.94. The summed E-state index contributed by atoms with van der Waals surface area (Å²) in [4.78, 5) is 13.5. The molecule has 3 aromatic carbocycles. The molecule has 1 aliphatic heterocycles. The van der Waals surface area contributed by atoms with E-state index in [-0.39, 0.29) is 17.0 Å². The van der Waals surface area contributed by atoms with Crippen LogP contribution in [0, 0.1) is 11.3 Å². The summed E-state index contributed by atoms with van der Waals surface area (Å²) in [7, 11) is -3.68. The van der Waals surface area contributed by atoms with E-state index in [2.05, 4.69) is 21.0 Å². The topological polar surface area (TPSA) is 112 Å². The molecule has 1 atom stereocenters. The second kappa shape index (κ2) is 12.0. The van der Waals surface area contributed by atoms with Crippen LogP contribution in [0.1, 0.15) is 31.7 Å². The van der Waals surface area contributed by atoms with Gasteiger partial charge in [-0.1, -0.05) is 24.3 Å². The Morgan fingerprint density at radius 3 is 2.30 bits per heavy atom. The second-order valence-corrected chi connectivity index (χ2v) is 10.7. The maximum Gasteiger partial charge on any atom is 0.241 e. The first-order valence-electron chi connectivity index (χ1n) is 12.2. The minimum atomic E-state index is -3.68. The van der Waals surface area contributed by atoms with Crippen LogP contribution in [-0.4, -0.2) is 45.1 Å². The zero-order chi connectivity index (χ0) is 26.3. The lowest BCUT2D eigenvalue weighted by molar-refractivity contribution is -0.114. The van der Waals surface area contributed by atoms with Gasteiger partial charge in [0.1, 0.15) is 5.75 Å². The number of likely N-dealkylation sites (tertiary alicyclic amines) is 1. The average Bonchev–Trinajstić information content (AvgIpc) is 3.33. The fourth-order valence-corrected chi connectivity index (χ4v) is 5.59. The molecule has 0 spiro atoms. The Morgan fingerprint density at radius 2 is 1.68 bits per heavy atom. The number of carbonyl (C=O) groups excluding carboxylic acids is 1. The molecule has 0 saturated carbocycles. The number of nitrogens with one attached hydrogen (secondary N) is 2. The van der Waals surface area contributed by atoms with Crippen LogP contribution in [0.15, 0.2) is 77.7 Å². The Bertz CT molecular complexity index is 1350. The van der Waals surface area contributed by atoms with Crippen molar-refractivity contribution in [2.75, 3.05) is 25.0 Å². The van der Waals surface area contributed by atoms with Crippen LogP contribution in [0.3, 0.4) is 0 Å². The van der Waals surface area contributed by atoms with Crippen LogP contribution in [0.5, 0.6) is 5.75 Å². The van der Waals surface area contributed by atoms with Gasteiger partial charge in [0.15, 0.2) is 0 Å². The van der Waals surface area contributed by atoms with Gasteiger partial charge in [-0.05, 0) is 85.5 Å². The molecule has 0 radical (unpaired) electrons. The minimum absolute atomic E-state index is 0.168. The number of rotatable bonds is 10. The van der Waals surface area contributed by atoms with Crippen LogP contribution in [0.4, 0.5) is 5.69 Å². The lowest BCUT2D eigenvalue weighted by atomic mass is 10.0. The zero-order valence-corrected chi connectivity index (χ0v) is 21.5. The highest BCUT2D eigenvalue weighted by Gasteiger charge is 2.28. The van der Waals surface area contributed by atoms with E-state index in [4.69, 9.17) is 10.00 Å². The molecule has 37 heavy (non-hydrogen) atoms. The summed E-state index contributed by atoms with van der Waals surface area (Å²) in [6.07, 6.45) is 2.18. The van der Waals surface area contributed by atoms with Gasteiger partial charge in [0, 0.05) is 19.2 Å². The van der Waals surface area contributed by atoms with Crippen molar-refractivity contribution in [3.8, 4) is 22.9 Å². The van der Waals surface area contributed by atoms with Gasteiger partial charge in [0.25, 0.3) is 0 Å². The third-order valence-electron chi connectivity index (χ3n) is 6.20. The molecule has 0 bridgehead atoms. The molecule has 3 aromatic rings. The van der Waals surface area contributed by atoms with Crippen molar-refractivity contribution < 1.29 is 17.9 Å². The van der Waals surface area contributed by atoms with Crippen molar-refractivity contribution in [2.45, 2.75) is 37.2 Å². The summed E-state index contributed by atoms with van der Waals surface area (Å²) in [5.74, 6) is 0.568. The largest absolute Gasteiger partial charge is 0.494 e. The van der Waals surface area contributed by atoms with Gasteiger partial charge in [-0.15, -0.1) is 0 Å². The molecule has 1 fully saturated rings. The van der Waals surface area contributed by atoms with E-state index < -0.39 is 10.0 Å². The highest BCUT2D eigenvalue weighted by molar-refractivity contribution is 7.89. The number of carbonyl (C=O) groups is 1. The van der Waals surface area contributed by atoms with Gasteiger partial charge in [0.05, 0.1) is 29.3 Å². The zero-order valence-electron chi connectivity index (χ0n) is 20.7. The molecule has 192 valence electrons. The van der Waals surface area contributed by atoms with Gasteiger partial charge < -0.3 is 10.1 Å². The summed E-state index contributed by atoms with van der Waals surface area (Å²) < 4.78 is 34.5. The number of hydrogen-bond donors (Lipinski definition) is 2. The SMILES string of the molecule is CC(=O)Nc1ccc(S(=O)(=O)NC2CCCN2CCCOc2ccc(-c3ccc(C#N)cc3)cc2)cc1. The molecule has 1 amide bonds. The molecule has 0 aliphatic carbocycles. The number of nitrogens with zero attached hydrogens (tertiary/aromatic N) is 2. The van der Waals surface area contributed by atoms with Crippen molar-refractivity contribution in [3.05, 3.63) is 78.4 Å². The molecule has 2 N–H and O–H groups in total. The number of hydrogen-bond acceptors (Lipinski definition) is 6. The van der Waals surface area contributed by atoms with Crippen molar-refractivity contribution in [3.63, 3.8) is 0 Å². The number of amides is 1. The molecule has 0 aromatic heterocycles. The molecule has 1 heterocycles. The maximum atomic E-state index is 12.9. The first-order chi connectivity index (χ1) is 17.8. The first-order valence-corrected chi connectivity index (χ1v) is 13.7. The predicted octanol–water partition coefficient (Wildman–Crippen LogP) is 4.35. The van der Waals surface area contributed by atoms with E-state index in [1.807, 2.05) is 36.4 Å². The molecule has 8 nitrogen and oxygen atoms in total. The Hall–Kier alpha value is -3.71. The van der Waals surface area contributed by atoms with Gasteiger partial charge >= 0.3 is 0 Å². The predicted molar refractivity (Wildman–Crippen MR) is 142 cm³/mol. The average molecular weight is 519 g/mol. The highest BCUT2D eigenvalue weighted by atomic mass is 32.2. The van der Waals surface area contributed by atoms with Crippen molar-refractivity contribution in [1.29, 1.82) is 5.26 Å². The summed E-state index contributed by atoms with van der Waals surface area (Å²) in [6, 6.07) is 23.6. The summed E-state index contributed by atoms with van der Waals surface area (Å²) in [5, 5.41) is 11.6. The van der Waals surface area contributed by atoms with Gasteiger partial charge in [-0.2, -0.15) is 9.98 Å². The van der Waals surface area contributed by atoms with E-state index in [0.717, 1.165) is 49.2 Å². The van der Waals surface area contributed by atoms with Crippen LogP contribution in [-0.2, 0) is 14.8 Å². The maximum absolute atomic E-state index is 12.9. The van der Waals surface area contributed by atoms with Crippen molar-refractivity contribution in [2.24, 2.45) is 0 Å². The van der Waals surface area contributed by atoms with Crippen LogP contribution < -0.4 is 14.8 Å².